The Kier molecular flexibility index (Phi) is 3.18. The van der Waals surface area contributed by atoms with Crippen molar-refractivity contribution < 1.29 is 9.84 Å². The van der Waals surface area contributed by atoms with Gasteiger partial charge in [-0.1, -0.05) is 0 Å². The molecule has 0 aliphatic carbocycles. The number of aliphatic hydroxyl groups is 1. The van der Waals surface area contributed by atoms with Crippen molar-refractivity contribution in [1.29, 1.82) is 0 Å². The molecule has 3 heterocycles. The number of fused-ring (bicyclic) bond motifs is 2. The number of nitrogen functional groups attached to an aromatic ring is 1. The molecule has 6 heteroatoms. The summed E-state index contributed by atoms with van der Waals surface area (Å²) < 4.78 is 5.43. The Balaban J connectivity index is 1.92. The number of anilines is 2. The maximum Gasteiger partial charge on any atom is 0.242 e. The van der Waals surface area contributed by atoms with Crippen LogP contribution in [0.2, 0.25) is 0 Å². The first-order valence-electron chi connectivity index (χ1n) is 6.90. The minimum Gasteiger partial charge on any atom is -0.476 e. The standard InChI is InChI=1S/C13H20N4O2/c1-2-19-13-11(14)12(15-7-16-13)17-8-3-4-9(17)6-10(18)5-8/h7-10,18H,2-6,14H2,1H3. The third-order valence-electron chi connectivity index (χ3n) is 4.06. The van der Waals surface area contributed by atoms with Gasteiger partial charge >= 0.3 is 0 Å². The Labute approximate surface area is 112 Å². The molecular weight excluding hydrogens is 244 g/mol. The fourth-order valence-electron chi connectivity index (χ4n) is 3.32. The lowest BCUT2D eigenvalue weighted by molar-refractivity contribution is 0.126. The summed E-state index contributed by atoms with van der Waals surface area (Å²) in [4.78, 5) is 10.7. The summed E-state index contributed by atoms with van der Waals surface area (Å²) in [6.07, 6.45) is 5.09. The van der Waals surface area contributed by atoms with E-state index in [2.05, 4.69) is 14.9 Å². The molecule has 2 aliphatic rings. The van der Waals surface area contributed by atoms with Crippen LogP contribution in [0.25, 0.3) is 0 Å². The summed E-state index contributed by atoms with van der Waals surface area (Å²) in [7, 11) is 0. The Morgan fingerprint density at radius 2 is 2.05 bits per heavy atom. The van der Waals surface area contributed by atoms with Crippen LogP contribution in [0.4, 0.5) is 11.5 Å². The van der Waals surface area contributed by atoms with Gasteiger partial charge in [0.2, 0.25) is 5.88 Å². The number of nitrogens with two attached hydrogens (primary N) is 1. The average molecular weight is 264 g/mol. The zero-order valence-electron chi connectivity index (χ0n) is 11.1. The molecule has 2 fully saturated rings. The summed E-state index contributed by atoms with van der Waals surface area (Å²) in [6.45, 7) is 2.44. The maximum absolute atomic E-state index is 9.85. The third-order valence-corrected chi connectivity index (χ3v) is 4.06. The topological polar surface area (TPSA) is 84.5 Å². The molecule has 0 spiro atoms. The lowest BCUT2D eigenvalue weighted by atomic mass is 10.00. The number of hydrogen-bond donors (Lipinski definition) is 2. The minimum absolute atomic E-state index is 0.192. The number of nitrogens with zero attached hydrogens (tertiary/aromatic N) is 3. The highest BCUT2D eigenvalue weighted by atomic mass is 16.5. The first-order valence-corrected chi connectivity index (χ1v) is 6.90. The van der Waals surface area contributed by atoms with Crippen molar-refractivity contribution in [1.82, 2.24) is 9.97 Å². The Morgan fingerprint density at radius 1 is 1.37 bits per heavy atom. The summed E-state index contributed by atoms with van der Waals surface area (Å²) >= 11 is 0. The van der Waals surface area contributed by atoms with Gasteiger partial charge in [-0.25, -0.2) is 4.98 Å². The molecule has 0 aromatic carbocycles. The molecule has 19 heavy (non-hydrogen) atoms. The van der Waals surface area contributed by atoms with Gasteiger partial charge in [0.25, 0.3) is 0 Å². The van der Waals surface area contributed by atoms with Crippen LogP contribution in [0.5, 0.6) is 5.88 Å². The predicted molar refractivity (Wildman–Crippen MR) is 72.1 cm³/mol. The summed E-state index contributed by atoms with van der Waals surface area (Å²) in [5.41, 5.74) is 6.64. The van der Waals surface area contributed by atoms with Gasteiger partial charge in [-0.3, -0.25) is 0 Å². The van der Waals surface area contributed by atoms with Crippen LogP contribution in [0.1, 0.15) is 32.6 Å². The molecule has 104 valence electrons. The Morgan fingerprint density at radius 3 is 2.68 bits per heavy atom. The van der Waals surface area contributed by atoms with Gasteiger partial charge in [-0.15, -0.1) is 0 Å². The van der Waals surface area contributed by atoms with Crippen molar-refractivity contribution >= 4 is 11.5 Å². The second-order valence-corrected chi connectivity index (χ2v) is 5.27. The fraction of sp³-hybridized carbons (Fsp3) is 0.692. The molecule has 0 radical (unpaired) electrons. The highest BCUT2D eigenvalue weighted by molar-refractivity contribution is 5.69. The average Bonchev–Trinajstić information content (AvgIpc) is 2.65. The second kappa shape index (κ2) is 4.85. The summed E-state index contributed by atoms with van der Waals surface area (Å²) in [5, 5.41) is 9.85. The lowest BCUT2D eigenvalue weighted by Crippen LogP contribution is -2.45. The van der Waals surface area contributed by atoms with Crippen molar-refractivity contribution in [3.05, 3.63) is 6.33 Å². The smallest absolute Gasteiger partial charge is 0.242 e. The molecule has 2 bridgehead atoms. The van der Waals surface area contributed by atoms with Gasteiger partial charge in [-0.05, 0) is 32.6 Å². The van der Waals surface area contributed by atoms with Crippen LogP contribution in [-0.4, -0.2) is 39.9 Å². The molecule has 2 aliphatic heterocycles. The second-order valence-electron chi connectivity index (χ2n) is 5.27. The molecule has 2 unspecified atom stereocenters. The number of hydrogen-bond acceptors (Lipinski definition) is 6. The van der Waals surface area contributed by atoms with Crippen LogP contribution in [0.15, 0.2) is 6.33 Å². The molecule has 0 saturated carbocycles. The van der Waals surface area contributed by atoms with Gasteiger partial charge < -0.3 is 20.5 Å². The summed E-state index contributed by atoms with van der Waals surface area (Å²) in [5.74, 6) is 1.22. The molecule has 1 aromatic heterocycles. The van der Waals surface area contributed by atoms with Crippen LogP contribution < -0.4 is 15.4 Å². The molecular formula is C13H20N4O2. The van der Waals surface area contributed by atoms with E-state index < -0.39 is 0 Å². The normalized spacial score (nSPS) is 29.6. The van der Waals surface area contributed by atoms with E-state index in [-0.39, 0.29) is 6.10 Å². The zero-order valence-corrected chi connectivity index (χ0v) is 11.1. The van der Waals surface area contributed by atoms with Crippen molar-refractivity contribution in [2.45, 2.75) is 50.8 Å². The van der Waals surface area contributed by atoms with Gasteiger partial charge in [0.1, 0.15) is 12.0 Å². The molecule has 0 amide bonds. The van der Waals surface area contributed by atoms with Crippen molar-refractivity contribution in [2.75, 3.05) is 17.2 Å². The van der Waals surface area contributed by atoms with E-state index >= 15 is 0 Å². The van der Waals surface area contributed by atoms with E-state index in [1.54, 1.807) is 0 Å². The van der Waals surface area contributed by atoms with Crippen LogP contribution in [0.3, 0.4) is 0 Å². The van der Waals surface area contributed by atoms with E-state index in [0.29, 0.717) is 30.3 Å². The highest BCUT2D eigenvalue weighted by Gasteiger charge is 2.41. The number of rotatable bonds is 3. The predicted octanol–water partition coefficient (Wildman–Crippen LogP) is 0.950. The number of ether oxygens (including phenoxy) is 1. The molecule has 3 rings (SSSR count). The lowest BCUT2D eigenvalue weighted by Gasteiger charge is -2.38. The SMILES string of the molecule is CCOc1ncnc(N2C3CCC2CC(O)C3)c1N. The van der Waals surface area contributed by atoms with Crippen LogP contribution >= 0.6 is 0 Å². The fourth-order valence-corrected chi connectivity index (χ4v) is 3.32. The van der Waals surface area contributed by atoms with Crippen LogP contribution in [0, 0.1) is 0 Å². The first-order chi connectivity index (χ1) is 9.20. The summed E-state index contributed by atoms with van der Waals surface area (Å²) in [6, 6.07) is 0.667. The number of aliphatic hydroxyl groups excluding tert-OH is 1. The monoisotopic (exact) mass is 264 g/mol. The number of piperidine rings is 1. The van der Waals surface area contributed by atoms with E-state index in [1.807, 2.05) is 6.92 Å². The third kappa shape index (κ3) is 2.10. The quantitative estimate of drug-likeness (QED) is 0.845. The van der Waals surface area contributed by atoms with E-state index in [1.165, 1.54) is 6.33 Å². The minimum atomic E-state index is -0.192. The number of aromatic nitrogens is 2. The maximum atomic E-state index is 9.85. The van der Waals surface area contributed by atoms with E-state index in [9.17, 15) is 5.11 Å². The van der Waals surface area contributed by atoms with Crippen molar-refractivity contribution in [3.8, 4) is 5.88 Å². The highest BCUT2D eigenvalue weighted by Crippen LogP contribution is 2.41. The zero-order chi connectivity index (χ0) is 13.4. The molecule has 2 atom stereocenters. The van der Waals surface area contributed by atoms with E-state index in [0.717, 1.165) is 31.5 Å². The van der Waals surface area contributed by atoms with Gasteiger partial charge in [-0.2, -0.15) is 4.98 Å². The first kappa shape index (κ1) is 12.5. The van der Waals surface area contributed by atoms with Crippen LogP contribution in [-0.2, 0) is 0 Å². The molecule has 3 N–H and O–H groups in total. The molecule has 2 saturated heterocycles. The Bertz CT molecular complexity index is 454. The van der Waals surface area contributed by atoms with Crippen molar-refractivity contribution in [3.63, 3.8) is 0 Å². The largest absolute Gasteiger partial charge is 0.476 e. The Hall–Kier alpha value is -1.56. The van der Waals surface area contributed by atoms with E-state index in [4.69, 9.17) is 10.5 Å². The van der Waals surface area contributed by atoms with Gasteiger partial charge in [0, 0.05) is 12.1 Å². The molecule has 6 nitrogen and oxygen atoms in total. The van der Waals surface area contributed by atoms with Gasteiger partial charge in [0.15, 0.2) is 5.82 Å². The van der Waals surface area contributed by atoms with Gasteiger partial charge in [0.05, 0.1) is 12.7 Å². The molecule has 1 aromatic rings. The van der Waals surface area contributed by atoms with Crippen molar-refractivity contribution in [2.24, 2.45) is 0 Å².